The Morgan fingerprint density at radius 1 is 1.43 bits per heavy atom. The zero-order valence-electron chi connectivity index (χ0n) is 9.53. The first-order chi connectivity index (χ1) is 6.38. The highest BCUT2D eigenvalue weighted by atomic mass is 16.5. The molecule has 3 heteroatoms. The number of nitrogens with zero attached hydrogens (tertiary/aromatic N) is 1. The number of allylic oxidation sites excluding steroid dienone is 1. The molecular weight excluding hydrogens is 178 g/mol. The van der Waals surface area contributed by atoms with Crippen LogP contribution < -0.4 is 0 Å². The molecular formula is C11H23NO2. The summed E-state index contributed by atoms with van der Waals surface area (Å²) in [6.07, 6.45) is 3.92. The maximum atomic E-state index is 9.57. The van der Waals surface area contributed by atoms with Crippen LogP contribution in [-0.2, 0) is 0 Å². The first-order valence-corrected chi connectivity index (χ1v) is 5.13. The zero-order valence-corrected chi connectivity index (χ0v) is 9.53. The highest BCUT2D eigenvalue weighted by Gasteiger charge is 2.21. The van der Waals surface area contributed by atoms with Crippen LogP contribution in [0.3, 0.4) is 0 Å². The fraction of sp³-hybridized carbons (Fsp3) is 0.818. The van der Waals surface area contributed by atoms with Crippen molar-refractivity contribution < 1.29 is 10.3 Å². The van der Waals surface area contributed by atoms with Crippen LogP contribution in [0.5, 0.6) is 0 Å². The van der Waals surface area contributed by atoms with E-state index in [2.05, 4.69) is 6.58 Å². The van der Waals surface area contributed by atoms with Gasteiger partial charge in [0.15, 0.2) is 0 Å². The van der Waals surface area contributed by atoms with Gasteiger partial charge in [0.2, 0.25) is 0 Å². The van der Waals surface area contributed by atoms with E-state index in [1.807, 2.05) is 26.8 Å². The lowest BCUT2D eigenvalue weighted by Crippen LogP contribution is -2.43. The van der Waals surface area contributed by atoms with Crippen LogP contribution in [0.2, 0.25) is 0 Å². The molecule has 1 unspecified atom stereocenters. The van der Waals surface area contributed by atoms with Gasteiger partial charge >= 0.3 is 0 Å². The van der Waals surface area contributed by atoms with Gasteiger partial charge in [0, 0.05) is 5.54 Å². The van der Waals surface area contributed by atoms with Crippen molar-refractivity contribution in [3.05, 3.63) is 12.7 Å². The number of β-amino-alcohol motifs (C(OH)–C–C–N with tert-alkyl or cyclic N) is 1. The predicted octanol–water partition coefficient (Wildman–Crippen LogP) is 2.19. The average Bonchev–Trinajstić information content (AvgIpc) is 2.03. The van der Waals surface area contributed by atoms with E-state index in [1.54, 1.807) is 0 Å². The fourth-order valence-electron chi connectivity index (χ4n) is 1.06. The summed E-state index contributed by atoms with van der Waals surface area (Å²) >= 11 is 0. The average molecular weight is 201 g/mol. The molecule has 0 aliphatic rings. The molecule has 0 spiro atoms. The minimum Gasteiger partial charge on any atom is -0.392 e. The second-order valence-corrected chi connectivity index (χ2v) is 4.63. The second-order valence-electron chi connectivity index (χ2n) is 4.63. The van der Waals surface area contributed by atoms with E-state index in [4.69, 9.17) is 0 Å². The molecule has 0 aliphatic heterocycles. The summed E-state index contributed by atoms with van der Waals surface area (Å²) in [7, 11) is 0. The summed E-state index contributed by atoms with van der Waals surface area (Å²) < 4.78 is 0. The number of hydroxylamine groups is 2. The van der Waals surface area contributed by atoms with Gasteiger partial charge in [0.1, 0.15) is 0 Å². The van der Waals surface area contributed by atoms with E-state index >= 15 is 0 Å². The van der Waals surface area contributed by atoms with E-state index < -0.39 is 6.10 Å². The molecule has 0 heterocycles. The van der Waals surface area contributed by atoms with Gasteiger partial charge in [0.25, 0.3) is 0 Å². The Hall–Kier alpha value is -0.380. The quantitative estimate of drug-likeness (QED) is 0.393. The van der Waals surface area contributed by atoms with Gasteiger partial charge in [-0.1, -0.05) is 6.08 Å². The van der Waals surface area contributed by atoms with Gasteiger partial charge in [-0.25, -0.2) is 0 Å². The first kappa shape index (κ1) is 13.6. The monoisotopic (exact) mass is 201 g/mol. The Bertz CT molecular complexity index is 163. The normalized spacial score (nSPS) is 14.4. The van der Waals surface area contributed by atoms with Crippen LogP contribution in [-0.4, -0.2) is 33.6 Å². The van der Waals surface area contributed by atoms with Gasteiger partial charge < -0.3 is 10.3 Å². The molecule has 0 amide bonds. The molecule has 0 saturated carbocycles. The molecule has 0 bridgehead atoms. The van der Waals surface area contributed by atoms with Crippen molar-refractivity contribution in [3.8, 4) is 0 Å². The lowest BCUT2D eigenvalue weighted by molar-refractivity contribution is -0.172. The smallest absolute Gasteiger partial charge is 0.0690 e. The van der Waals surface area contributed by atoms with Crippen LogP contribution in [0.15, 0.2) is 12.7 Å². The minimum atomic E-state index is -0.459. The molecule has 0 radical (unpaired) electrons. The molecule has 3 nitrogen and oxygen atoms in total. The number of hydrogen-bond donors (Lipinski definition) is 2. The molecule has 0 aromatic rings. The third-order valence-electron chi connectivity index (χ3n) is 2.10. The van der Waals surface area contributed by atoms with Crippen molar-refractivity contribution >= 4 is 0 Å². The summed E-state index contributed by atoms with van der Waals surface area (Å²) in [5.41, 5.74) is -0.306. The van der Waals surface area contributed by atoms with E-state index in [0.29, 0.717) is 13.0 Å². The summed E-state index contributed by atoms with van der Waals surface area (Å²) in [6.45, 7) is 9.64. The molecule has 0 saturated heterocycles. The van der Waals surface area contributed by atoms with Crippen molar-refractivity contribution in [3.63, 3.8) is 0 Å². The maximum absolute atomic E-state index is 9.57. The summed E-state index contributed by atoms with van der Waals surface area (Å²) in [5.74, 6) is 0. The molecule has 0 aromatic carbocycles. The number of aliphatic hydroxyl groups is 1. The number of aliphatic hydroxyl groups excluding tert-OH is 1. The zero-order chi connectivity index (χ0) is 11.2. The molecule has 0 fully saturated rings. The number of rotatable bonds is 6. The molecule has 84 valence electrons. The lowest BCUT2D eigenvalue weighted by Gasteiger charge is -2.31. The fourth-order valence-corrected chi connectivity index (χ4v) is 1.06. The summed E-state index contributed by atoms with van der Waals surface area (Å²) in [4.78, 5) is 0. The topological polar surface area (TPSA) is 43.7 Å². The Morgan fingerprint density at radius 2 is 2.00 bits per heavy atom. The molecule has 0 aromatic heterocycles. The molecule has 2 N–H and O–H groups in total. The van der Waals surface area contributed by atoms with Crippen LogP contribution in [0.4, 0.5) is 0 Å². The summed E-state index contributed by atoms with van der Waals surface area (Å²) in [6, 6.07) is 0. The lowest BCUT2D eigenvalue weighted by atomic mass is 10.1. The van der Waals surface area contributed by atoms with E-state index in [9.17, 15) is 10.3 Å². The van der Waals surface area contributed by atoms with Crippen molar-refractivity contribution in [1.29, 1.82) is 0 Å². The standard InChI is InChI=1S/C11H23NO2/c1-5-6-7-8-10(13)9-12(14)11(2,3)4/h5,10,13-14H,1,6-9H2,2-4H3. The third kappa shape index (κ3) is 6.13. The van der Waals surface area contributed by atoms with E-state index in [-0.39, 0.29) is 5.54 Å². The molecule has 14 heavy (non-hydrogen) atoms. The second kappa shape index (κ2) is 6.17. The predicted molar refractivity (Wildman–Crippen MR) is 58.3 cm³/mol. The van der Waals surface area contributed by atoms with Gasteiger partial charge in [-0.15, -0.1) is 6.58 Å². The first-order valence-electron chi connectivity index (χ1n) is 5.13. The van der Waals surface area contributed by atoms with E-state index in [0.717, 1.165) is 12.8 Å². The van der Waals surface area contributed by atoms with Crippen LogP contribution in [0, 0.1) is 0 Å². The summed E-state index contributed by atoms with van der Waals surface area (Å²) in [5, 5.41) is 20.3. The van der Waals surface area contributed by atoms with Gasteiger partial charge in [-0.05, 0) is 40.0 Å². The van der Waals surface area contributed by atoms with Crippen LogP contribution >= 0.6 is 0 Å². The number of unbranched alkanes of at least 4 members (excludes halogenated alkanes) is 1. The Labute approximate surface area is 87.0 Å². The third-order valence-corrected chi connectivity index (χ3v) is 2.10. The number of hydrogen-bond acceptors (Lipinski definition) is 3. The Kier molecular flexibility index (Phi) is 6.00. The van der Waals surface area contributed by atoms with Crippen molar-refractivity contribution in [2.45, 2.75) is 51.7 Å². The van der Waals surface area contributed by atoms with Gasteiger partial charge in [-0.3, -0.25) is 0 Å². The highest BCUT2D eigenvalue weighted by Crippen LogP contribution is 2.12. The molecule has 1 atom stereocenters. The Morgan fingerprint density at radius 3 is 2.43 bits per heavy atom. The van der Waals surface area contributed by atoms with Crippen LogP contribution in [0.1, 0.15) is 40.0 Å². The Balaban J connectivity index is 3.71. The largest absolute Gasteiger partial charge is 0.392 e. The maximum Gasteiger partial charge on any atom is 0.0690 e. The molecule has 0 rings (SSSR count). The van der Waals surface area contributed by atoms with Crippen molar-refractivity contribution in [2.24, 2.45) is 0 Å². The van der Waals surface area contributed by atoms with Gasteiger partial charge in [0.05, 0.1) is 12.6 Å². The SMILES string of the molecule is C=CCCCC(O)CN(O)C(C)(C)C. The minimum absolute atomic E-state index is 0.306. The van der Waals surface area contributed by atoms with Gasteiger partial charge in [-0.2, -0.15) is 5.06 Å². The van der Waals surface area contributed by atoms with E-state index in [1.165, 1.54) is 5.06 Å². The van der Waals surface area contributed by atoms with Crippen molar-refractivity contribution in [1.82, 2.24) is 5.06 Å². The van der Waals surface area contributed by atoms with Crippen LogP contribution in [0.25, 0.3) is 0 Å². The van der Waals surface area contributed by atoms with Crippen molar-refractivity contribution in [2.75, 3.05) is 6.54 Å². The highest BCUT2D eigenvalue weighted by molar-refractivity contribution is 4.73. The molecule has 0 aliphatic carbocycles.